The molecule has 0 radical (unpaired) electrons. The molecule has 3 rings (SSSR count). The van der Waals surface area contributed by atoms with Gasteiger partial charge in [-0.1, -0.05) is 24.3 Å². The zero-order valence-electron chi connectivity index (χ0n) is 11.9. The SMILES string of the molecule is CCOc1ccc(-c2ccc(C3CNC(=O)C3)cc2)nn1. The zero-order chi connectivity index (χ0) is 14.7. The van der Waals surface area contributed by atoms with Gasteiger partial charge in [-0.3, -0.25) is 4.79 Å². The van der Waals surface area contributed by atoms with Crippen LogP contribution in [0.1, 0.15) is 24.8 Å². The molecule has 0 bridgehead atoms. The molecule has 2 aromatic rings. The predicted molar refractivity (Wildman–Crippen MR) is 79.0 cm³/mol. The summed E-state index contributed by atoms with van der Waals surface area (Å²) in [5.74, 6) is 0.938. The maximum Gasteiger partial charge on any atom is 0.233 e. The molecule has 0 spiro atoms. The number of nitrogens with zero attached hydrogens (tertiary/aromatic N) is 2. The largest absolute Gasteiger partial charge is 0.477 e. The van der Waals surface area contributed by atoms with Gasteiger partial charge >= 0.3 is 0 Å². The van der Waals surface area contributed by atoms with Crippen molar-refractivity contribution in [3.05, 3.63) is 42.0 Å². The summed E-state index contributed by atoms with van der Waals surface area (Å²) < 4.78 is 5.28. The number of hydrogen-bond donors (Lipinski definition) is 1. The minimum Gasteiger partial charge on any atom is -0.477 e. The molecule has 1 aliphatic heterocycles. The number of aromatic nitrogens is 2. The Kier molecular flexibility index (Phi) is 3.81. The molecule has 0 aliphatic carbocycles. The number of rotatable bonds is 4. The number of amides is 1. The van der Waals surface area contributed by atoms with Crippen molar-refractivity contribution in [1.29, 1.82) is 0 Å². The van der Waals surface area contributed by atoms with Crippen LogP contribution in [0.3, 0.4) is 0 Å². The van der Waals surface area contributed by atoms with E-state index in [1.807, 2.05) is 31.2 Å². The minimum absolute atomic E-state index is 0.126. The highest BCUT2D eigenvalue weighted by atomic mass is 16.5. The highest BCUT2D eigenvalue weighted by Crippen LogP contribution is 2.25. The normalized spacial score (nSPS) is 17.6. The van der Waals surface area contributed by atoms with Crippen LogP contribution in [-0.2, 0) is 4.79 Å². The van der Waals surface area contributed by atoms with Gasteiger partial charge in [0.2, 0.25) is 11.8 Å². The maximum atomic E-state index is 11.3. The number of nitrogens with one attached hydrogen (secondary N) is 1. The molecule has 108 valence electrons. The molecule has 5 heteroatoms. The number of benzene rings is 1. The second-order valence-corrected chi connectivity index (χ2v) is 5.02. The van der Waals surface area contributed by atoms with Gasteiger partial charge in [0.25, 0.3) is 0 Å². The van der Waals surface area contributed by atoms with Gasteiger partial charge in [0.15, 0.2) is 0 Å². The van der Waals surface area contributed by atoms with E-state index in [1.54, 1.807) is 0 Å². The molecular weight excluding hydrogens is 266 g/mol. The van der Waals surface area contributed by atoms with Crippen molar-refractivity contribution in [3.8, 4) is 17.1 Å². The summed E-state index contributed by atoms with van der Waals surface area (Å²) in [4.78, 5) is 11.3. The lowest BCUT2D eigenvalue weighted by Gasteiger charge is -2.08. The molecule has 2 heterocycles. The van der Waals surface area contributed by atoms with Crippen LogP contribution in [0.25, 0.3) is 11.3 Å². The molecule has 1 saturated heterocycles. The zero-order valence-corrected chi connectivity index (χ0v) is 11.9. The third-order valence-electron chi connectivity index (χ3n) is 3.59. The molecule has 1 unspecified atom stereocenters. The van der Waals surface area contributed by atoms with E-state index in [2.05, 4.69) is 27.6 Å². The molecule has 1 atom stereocenters. The van der Waals surface area contributed by atoms with Crippen molar-refractivity contribution in [2.75, 3.05) is 13.2 Å². The first-order valence-corrected chi connectivity index (χ1v) is 7.10. The summed E-state index contributed by atoms with van der Waals surface area (Å²) in [6.07, 6.45) is 0.572. The van der Waals surface area contributed by atoms with E-state index in [-0.39, 0.29) is 11.8 Å². The molecule has 1 amide bonds. The Hall–Kier alpha value is -2.43. The second-order valence-electron chi connectivity index (χ2n) is 5.02. The van der Waals surface area contributed by atoms with Gasteiger partial charge in [0.1, 0.15) is 0 Å². The summed E-state index contributed by atoms with van der Waals surface area (Å²) >= 11 is 0. The number of carbonyl (C=O) groups excluding carboxylic acids is 1. The van der Waals surface area contributed by atoms with Crippen molar-refractivity contribution in [2.45, 2.75) is 19.3 Å². The lowest BCUT2D eigenvalue weighted by atomic mass is 9.96. The Labute approximate surface area is 123 Å². The fraction of sp³-hybridized carbons (Fsp3) is 0.312. The van der Waals surface area contributed by atoms with E-state index < -0.39 is 0 Å². The molecular formula is C16H17N3O2. The van der Waals surface area contributed by atoms with Crippen LogP contribution in [0, 0.1) is 0 Å². The van der Waals surface area contributed by atoms with Crippen molar-refractivity contribution in [2.24, 2.45) is 0 Å². The third-order valence-corrected chi connectivity index (χ3v) is 3.59. The van der Waals surface area contributed by atoms with Gasteiger partial charge in [0, 0.05) is 30.5 Å². The fourth-order valence-electron chi connectivity index (χ4n) is 2.47. The van der Waals surface area contributed by atoms with Gasteiger partial charge < -0.3 is 10.1 Å². The first-order valence-electron chi connectivity index (χ1n) is 7.10. The quantitative estimate of drug-likeness (QED) is 0.933. The van der Waals surface area contributed by atoms with E-state index in [0.717, 1.165) is 17.8 Å². The van der Waals surface area contributed by atoms with E-state index in [9.17, 15) is 4.79 Å². The lowest BCUT2D eigenvalue weighted by Crippen LogP contribution is -2.13. The Morgan fingerprint density at radius 1 is 1.19 bits per heavy atom. The first-order chi connectivity index (χ1) is 10.3. The van der Waals surface area contributed by atoms with Crippen LogP contribution < -0.4 is 10.1 Å². The lowest BCUT2D eigenvalue weighted by molar-refractivity contribution is -0.119. The first kappa shape index (κ1) is 13.5. The van der Waals surface area contributed by atoms with Crippen LogP contribution in [0.4, 0.5) is 0 Å². The average Bonchev–Trinajstić information content (AvgIpc) is 2.95. The number of hydrogen-bond acceptors (Lipinski definition) is 4. The standard InChI is InChI=1S/C16H17N3O2/c1-2-21-16-8-7-14(18-19-16)12-5-3-11(4-6-12)13-9-15(20)17-10-13/h3-8,13H,2,9-10H2,1H3,(H,17,20). The van der Waals surface area contributed by atoms with Crippen molar-refractivity contribution in [1.82, 2.24) is 15.5 Å². The molecule has 1 aliphatic rings. The summed E-state index contributed by atoms with van der Waals surface area (Å²) in [6.45, 7) is 3.22. The van der Waals surface area contributed by atoms with Gasteiger partial charge in [-0.2, -0.15) is 0 Å². The van der Waals surface area contributed by atoms with Crippen LogP contribution >= 0.6 is 0 Å². The summed E-state index contributed by atoms with van der Waals surface area (Å²) in [6, 6.07) is 11.9. The Balaban J connectivity index is 1.75. The second kappa shape index (κ2) is 5.91. The van der Waals surface area contributed by atoms with Gasteiger partial charge in [-0.05, 0) is 18.6 Å². The Bertz CT molecular complexity index is 623. The van der Waals surface area contributed by atoms with Crippen molar-refractivity contribution in [3.63, 3.8) is 0 Å². The summed E-state index contributed by atoms with van der Waals surface area (Å²) in [5.41, 5.74) is 2.99. The fourth-order valence-corrected chi connectivity index (χ4v) is 2.47. The van der Waals surface area contributed by atoms with Crippen molar-refractivity contribution < 1.29 is 9.53 Å². The van der Waals surface area contributed by atoms with Gasteiger partial charge in [-0.15, -0.1) is 10.2 Å². The highest BCUT2D eigenvalue weighted by Gasteiger charge is 2.22. The monoisotopic (exact) mass is 283 g/mol. The number of carbonyl (C=O) groups is 1. The van der Waals surface area contributed by atoms with Gasteiger partial charge in [-0.25, -0.2) is 0 Å². The molecule has 1 aromatic carbocycles. The smallest absolute Gasteiger partial charge is 0.233 e. The average molecular weight is 283 g/mol. The molecule has 1 aromatic heterocycles. The topological polar surface area (TPSA) is 64.1 Å². The maximum absolute atomic E-state index is 11.3. The summed E-state index contributed by atoms with van der Waals surface area (Å²) in [5, 5.41) is 11.1. The van der Waals surface area contributed by atoms with Gasteiger partial charge in [0.05, 0.1) is 12.3 Å². The molecule has 21 heavy (non-hydrogen) atoms. The van der Waals surface area contributed by atoms with Crippen LogP contribution in [0.5, 0.6) is 5.88 Å². The van der Waals surface area contributed by atoms with Crippen LogP contribution in [0.2, 0.25) is 0 Å². The van der Waals surface area contributed by atoms with Crippen molar-refractivity contribution >= 4 is 5.91 Å². The third kappa shape index (κ3) is 3.02. The minimum atomic E-state index is 0.126. The highest BCUT2D eigenvalue weighted by molar-refractivity contribution is 5.79. The molecule has 5 nitrogen and oxygen atoms in total. The van der Waals surface area contributed by atoms with Crippen LogP contribution in [-0.4, -0.2) is 29.3 Å². The van der Waals surface area contributed by atoms with E-state index in [1.165, 1.54) is 5.56 Å². The van der Waals surface area contributed by atoms with Crippen LogP contribution in [0.15, 0.2) is 36.4 Å². The predicted octanol–water partition coefficient (Wildman–Crippen LogP) is 2.15. The number of ether oxygens (including phenoxy) is 1. The van der Waals surface area contributed by atoms with E-state index in [0.29, 0.717) is 18.9 Å². The van der Waals surface area contributed by atoms with E-state index >= 15 is 0 Å². The van der Waals surface area contributed by atoms with E-state index in [4.69, 9.17) is 4.74 Å². The molecule has 0 saturated carbocycles. The molecule has 1 N–H and O–H groups in total. The summed E-state index contributed by atoms with van der Waals surface area (Å²) in [7, 11) is 0. The Morgan fingerprint density at radius 2 is 2.00 bits per heavy atom. The Morgan fingerprint density at radius 3 is 2.57 bits per heavy atom. The molecule has 1 fully saturated rings.